The van der Waals surface area contributed by atoms with E-state index in [0.717, 1.165) is 12.4 Å². The summed E-state index contributed by atoms with van der Waals surface area (Å²) in [6, 6.07) is 13.9. The van der Waals surface area contributed by atoms with Crippen molar-refractivity contribution in [2.45, 2.75) is 45.1 Å². The topological polar surface area (TPSA) is 42.0 Å². The van der Waals surface area contributed by atoms with Gasteiger partial charge in [0.15, 0.2) is 0 Å². The lowest BCUT2D eigenvalue weighted by Gasteiger charge is -2.28. The average molecular weight is 326 g/mol. The molecule has 0 radical (unpaired) electrons. The zero-order chi connectivity index (χ0) is 17.3. The molecule has 0 aromatic heterocycles. The van der Waals surface area contributed by atoms with Crippen LogP contribution in [-0.2, 0) is 10.2 Å². The van der Waals surface area contributed by atoms with Gasteiger partial charge in [0.1, 0.15) is 24.2 Å². The summed E-state index contributed by atoms with van der Waals surface area (Å²) in [4.78, 5) is 0. The summed E-state index contributed by atoms with van der Waals surface area (Å²) in [5, 5.41) is 9.53. The van der Waals surface area contributed by atoms with Gasteiger partial charge in [-0.3, -0.25) is 0 Å². The first kappa shape index (κ1) is 16.8. The maximum Gasteiger partial charge on any atom is 0.122 e. The summed E-state index contributed by atoms with van der Waals surface area (Å²) in [5.74, 6) is 1.63. The van der Waals surface area contributed by atoms with Gasteiger partial charge in [0.05, 0.1) is 6.61 Å². The summed E-state index contributed by atoms with van der Waals surface area (Å²) >= 11 is 0. The maximum atomic E-state index is 9.53. The van der Waals surface area contributed by atoms with Crippen LogP contribution in [-0.4, -0.2) is 24.4 Å². The summed E-state index contributed by atoms with van der Waals surface area (Å²) in [6.45, 7) is 10.2. The number of ether oxygens (including phenoxy) is 2. The Morgan fingerprint density at radius 3 is 2.33 bits per heavy atom. The molecular weight excluding hydrogens is 300 g/mol. The highest BCUT2D eigenvalue weighted by Crippen LogP contribution is 2.37. The Labute approximate surface area is 144 Å². The number of aromatic hydroxyl groups is 1. The van der Waals surface area contributed by atoms with Gasteiger partial charge in [-0.15, -0.1) is 0 Å². The first-order valence-electron chi connectivity index (χ1n) is 8.56. The van der Waals surface area contributed by atoms with Crippen LogP contribution in [0.25, 0.3) is 0 Å². The highest BCUT2D eigenvalue weighted by atomic mass is 16.6. The summed E-state index contributed by atoms with van der Waals surface area (Å²) in [6.07, 6.45) is 0.262. The molecule has 2 aromatic rings. The molecule has 3 heteroatoms. The van der Waals surface area contributed by atoms with Crippen molar-refractivity contribution in [3.05, 3.63) is 59.2 Å². The van der Waals surface area contributed by atoms with Gasteiger partial charge in [-0.2, -0.15) is 0 Å². The zero-order valence-corrected chi connectivity index (χ0v) is 14.9. The second-order valence-corrected chi connectivity index (χ2v) is 7.35. The number of hydrogen-bond acceptors (Lipinski definition) is 3. The molecule has 1 N–H and O–H groups in total. The highest BCUT2D eigenvalue weighted by Gasteiger charge is 2.26. The standard InChI is InChI=1S/C21H26O3/c1-14(2)19-11-16(7-10-20(19)24-13-18-12-23-18)21(3,4)15-5-8-17(22)9-6-15/h5-11,14,18,22H,12-13H2,1-4H3. The van der Waals surface area contributed by atoms with Gasteiger partial charge < -0.3 is 14.6 Å². The van der Waals surface area contributed by atoms with Gasteiger partial charge in [0, 0.05) is 5.41 Å². The van der Waals surface area contributed by atoms with Gasteiger partial charge in [0.2, 0.25) is 0 Å². The summed E-state index contributed by atoms with van der Waals surface area (Å²) < 4.78 is 11.2. The van der Waals surface area contributed by atoms with Crippen molar-refractivity contribution in [1.29, 1.82) is 0 Å². The highest BCUT2D eigenvalue weighted by molar-refractivity contribution is 5.46. The van der Waals surface area contributed by atoms with Crippen LogP contribution in [0.3, 0.4) is 0 Å². The molecule has 3 rings (SSSR count). The van der Waals surface area contributed by atoms with E-state index in [1.165, 1.54) is 16.7 Å². The molecule has 0 bridgehead atoms. The van der Waals surface area contributed by atoms with Crippen molar-refractivity contribution < 1.29 is 14.6 Å². The van der Waals surface area contributed by atoms with Gasteiger partial charge in [0.25, 0.3) is 0 Å². The first-order valence-corrected chi connectivity index (χ1v) is 8.56. The monoisotopic (exact) mass is 326 g/mol. The second-order valence-electron chi connectivity index (χ2n) is 7.35. The smallest absolute Gasteiger partial charge is 0.122 e. The number of rotatable bonds is 6. The fourth-order valence-electron chi connectivity index (χ4n) is 2.91. The fourth-order valence-corrected chi connectivity index (χ4v) is 2.91. The minimum Gasteiger partial charge on any atom is -0.508 e. The molecule has 1 atom stereocenters. The Kier molecular flexibility index (Phi) is 4.55. The molecule has 1 aliphatic heterocycles. The van der Waals surface area contributed by atoms with E-state index in [1.54, 1.807) is 12.1 Å². The number of phenolic OH excluding ortho intramolecular Hbond substituents is 1. The lowest BCUT2D eigenvalue weighted by molar-refractivity contribution is 0.260. The predicted octanol–water partition coefficient (Wildman–Crippen LogP) is 4.62. The van der Waals surface area contributed by atoms with E-state index in [2.05, 4.69) is 45.9 Å². The van der Waals surface area contributed by atoms with E-state index in [0.29, 0.717) is 18.3 Å². The average Bonchev–Trinajstić information content (AvgIpc) is 3.37. The van der Waals surface area contributed by atoms with Crippen molar-refractivity contribution in [1.82, 2.24) is 0 Å². The van der Waals surface area contributed by atoms with Crippen LogP contribution in [0.1, 0.15) is 50.3 Å². The number of epoxide rings is 1. The Morgan fingerprint density at radius 2 is 1.75 bits per heavy atom. The molecule has 128 valence electrons. The van der Waals surface area contributed by atoms with E-state index in [-0.39, 0.29) is 11.5 Å². The molecule has 3 nitrogen and oxygen atoms in total. The zero-order valence-electron chi connectivity index (χ0n) is 14.9. The predicted molar refractivity (Wildman–Crippen MR) is 96.0 cm³/mol. The van der Waals surface area contributed by atoms with Crippen molar-refractivity contribution in [3.63, 3.8) is 0 Å². The molecule has 0 aliphatic carbocycles. The molecule has 1 saturated heterocycles. The second kappa shape index (κ2) is 6.48. The Balaban J connectivity index is 1.91. The van der Waals surface area contributed by atoms with Crippen LogP contribution in [0.5, 0.6) is 11.5 Å². The number of benzene rings is 2. The molecule has 0 saturated carbocycles. The lowest BCUT2D eigenvalue weighted by atomic mass is 9.77. The van der Waals surface area contributed by atoms with Crippen molar-refractivity contribution >= 4 is 0 Å². The Bertz CT molecular complexity index is 698. The van der Waals surface area contributed by atoms with Gasteiger partial charge in [-0.05, 0) is 40.8 Å². The van der Waals surface area contributed by atoms with E-state index in [4.69, 9.17) is 9.47 Å². The summed E-state index contributed by atoms with van der Waals surface area (Å²) in [5.41, 5.74) is 3.50. The van der Waals surface area contributed by atoms with Crippen molar-refractivity contribution in [3.8, 4) is 11.5 Å². The third-order valence-corrected chi connectivity index (χ3v) is 4.77. The maximum absolute atomic E-state index is 9.53. The van der Waals surface area contributed by atoms with Gasteiger partial charge in [-0.1, -0.05) is 52.0 Å². The quantitative estimate of drug-likeness (QED) is 0.788. The van der Waals surface area contributed by atoms with Crippen molar-refractivity contribution in [2.75, 3.05) is 13.2 Å². The molecule has 0 amide bonds. The van der Waals surface area contributed by atoms with Gasteiger partial charge >= 0.3 is 0 Å². The van der Waals surface area contributed by atoms with Crippen LogP contribution >= 0.6 is 0 Å². The minimum atomic E-state index is -0.143. The largest absolute Gasteiger partial charge is 0.508 e. The third kappa shape index (κ3) is 3.57. The molecule has 1 unspecified atom stereocenters. The van der Waals surface area contributed by atoms with Crippen LogP contribution in [0.2, 0.25) is 0 Å². The van der Waals surface area contributed by atoms with Crippen LogP contribution in [0, 0.1) is 0 Å². The lowest BCUT2D eigenvalue weighted by Crippen LogP contribution is -2.19. The molecule has 1 fully saturated rings. The van der Waals surface area contributed by atoms with Crippen LogP contribution < -0.4 is 4.74 Å². The summed E-state index contributed by atoms with van der Waals surface area (Å²) in [7, 11) is 0. The minimum absolute atomic E-state index is 0.143. The van der Waals surface area contributed by atoms with E-state index in [1.807, 2.05) is 12.1 Å². The van der Waals surface area contributed by atoms with Crippen LogP contribution in [0.15, 0.2) is 42.5 Å². The normalized spacial score (nSPS) is 17.1. The fraction of sp³-hybridized carbons (Fsp3) is 0.429. The number of phenols is 1. The number of hydrogen-bond donors (Lipinski definition) is 1. The van der Waals surface area contributed by atoms with Gasteiger partial charge in [-0.25, -0.2) is 0 Å². The molecule has 2 aromatic carbocycles. The van der Waals surface area contributed by atoms with Crippen LogP contribution in [0.4, 0.5) is 0 Å². The van der Waals surface area contributed by atoms with E-state index >= 15 is 0 Å². The molecular formula is C21H26O3. The first-order chi connectivity index (χ1) is 11.4. The molecule has 0 spiro atoms. The van der Waals surface area contributed by atoms with Crippen molar-refractivity contribution in [2.24, 2.45) is 0 Å². The third-order valence-electron chi connectivity index (χ3n) is 4.77. The van der Waals surface area contributed by atoms with E-state index in [9.17, 15) is 5.11 Å². The molecule has 1 aliphatic rings. The Hall–Kier alpha value is -2.00. The SMILES string of the molecule is CC(C)c1cc(C(C)(C)c2ccc(O)cc2)ccc1OCC1CO1. The molecule has 1 heterocycles. The Morgan fingerprint density at radius 1 is 1.12 bits per heavy atom. The van der Waals surface area contributed by atoms with E-state index < -0.39 is 0 Å². The molecule has 24 heavy (non-hydrogen) atoms.